The van der Waals surface area contributed by atoms with Gasteiger partial charge in [-0.25, -0.2) is 22.0 Å². The molecule has 0 bridgehead atoms. The molecule has 0 atom stereocenters. The summed E-state index contributed by atoms with van der Waals surface area (Å²) in [5, 5.41) is 6.45. The number of nitrogens with one attached hydrogen (secondary N) is 1. The fourth-order valence-corrected chi connectivity index (χ4v) is 3.58. The second-order valence-corrected chi connectivity index (χ2v) is 8.17. The van der Waals surface area contributed by atoms with Gasteiger partial charge in [0.25, 0.3) is 5.91 Å². The molecule has 0 unspecified atom stereocenters. The van der Waals surface area contributed by atoms with Gasteiger partial charge in [0, 0.05) is 17.8 Å². The molecule has 0 saturated heterocycles. The molecule has 0 saturated carbocycles. The van der Waals surface area contributed by atoms with Crippen LogP contribution in [-0.2, 0) is 13.2 Å². The summed E-state index contributed by atoms with van der Waals surface area (Å²) in [6.45, 7) is -0.524. The largest absolute Gasteiger partial charge is 0.488 e. The van der Waals surface area contributed by atoms with Crippen molar-refractivity contribution in [1.29, 1.82) is 0 Å². The lowest BCUT2D eigenvalue weighted by atomic mass is 10.1. The number of carbonyl (C=O) groups is 1. The fourth-order valence-electron chi connectivity index (χ4n) is 3.18. The standard InChI is InChI=1S/C24H15BrF5N3O2/c25-16-6-1-2-7-17(16)35-12-13-4-3-5-14(10-13)24(34)31-18-8-9-33(32-18)11-15-19(26)21(28)23(30)22(29)20(15)27/h1-10H,11-12H2,(H,31,32,34). The molecule has 35 heavy (non-hydrogen) atoms. The lowest BCUT2D eigenvalue weighted by Gasteiger charge is -2.09. The van der Waals surface area contributed by atoms with Gasteiger partial charge in [0.2, 0.25) is 5.82 Å². The van der Waals surface area contributed by atoms with Crippen LogP contribution in [0.1, 0.15) is 21.5 Å². The van der Waals surface area contributed by atoms with E-state index in [4.69, 9.17) is 4.74 Å². The van der Waals surface area contributed by atoms with Gasteiger partial charge in [-0.2, -0.15) is 5.10 Å². The van der Waals surface area contributed by atoms with E-state index in [0.29, 0.717) is 11.3 Å². The summed E-state index contributed by atoms with van der Waals surface area (Å²) in [4.78, 5) is 12.6. The highest BCUT2D eigenvalue weighted by atomic mass is 79.9. The molecule has 5 nitrogen and oxygen atoms in total. The van der Waals surface area contributed by atoms with Gasteiger partial charge in [-0.05, 0) is 45.8 Å². The number of hydrogen-bond donors (Lipinski definition) is 1. The highest BCUT2D eigenvalue weighted by molar-refractivity contribution is 9.10. The van der Waals surface area contributed by atoms with E-state index in [-0.39, 0.29) is 12.4 Å². The number of anilines is 1. The highest BCUT2D eigenvalue weighted by Gasteiger charge is 2.26. The van der Waals surface area contributed by atoms with E-state index in [1.165, 1.54) is 12.3 Å². The number of ether oxygens (including phenoxy) is 1. The first kappa shape index (κ1) is 24.4. The molecule has 1 N–H and O–H groups in total. The third kappa shape index (κ3) is 5.35. The van der Waals surface area contributed by atoms with Crippen molar-refractivity contribution in [2.45, 2.75) is 13.2 Å². The van der Waals surface area contributed by atoms with Crippen LogP contribution in [0, 0.1) is 29.1 Å². The molecule has 0 aliphatic rings. The third-order valence-electron chi connectivity index (χ3n) is 4.92. The highest BCUT2D eigenvalue weighted by Crippen LogP contribution is 2.25. The minimum Gasteiger partial charge on any atom is -0.488 e. The fraction of sp³-hybridized carbons (Fsp3) is 0.0833. The second kappa shape index (κ2) is 10.3. The number of rotatable bonds is 7. The lowest BCUT2D eigenvalue weighted by Crippen LogP contribution is -2.14. The molecule has 4 rings (SSSR count). The molecule has 1 amide bonds. The molecular formula is C24H15BrF5N3O2. The number of amides is 1. The smallest absolute Gasteiger partial charge is 0.256 e. The number of halogens is 6. The molecule has 1 aromatic heterocycles. The molecular weight excluding hydrogens is 537 g/mol. The third-order valence-corrected chi connectivity index (χ3v) is 5.58. The number of para-hydroxylation sites is 1. The van der Waals surface area contributed by atoms with Crippen molar-refractivity contribution in [2.75, 3.05) is 5.32 Å². The molecule has 1 heterocycles. The zero-order valence-corrected chi connectivity index (χ0v) is 19.3. The molecule has 0 fully saturated rings. The van der Waals surface area contributed by atoms with Gasteiger partial charge in [0.05, 0.1) is 16.6 Å². The van der Waals surface area contributed by atoms with Crippen molar-refractivity contribution in [3.8, 4) is 5.75 Å². The number of hydrogen-bond acceptors (Lipinski definition) is 3. The average Bonchev–Trinajstić information content (AvgIpc) is 3.30. The Labute approximate surface area is 204 Å². The normalized spacial score (nSPS) is 10.9. The molecule has 180 valence electrons. The van der Waals surface area contributed by atoms with Crippen molar-refractivity contribution in [3.63, 3.8) is 0 Å². The van der Waals surface area contributed by atoms with Gasteiger partial charge in [0.15, 0.2) is 29.1 Å². The van der Waals surface area contributed by atoms with E-state index in [0.717, 1.165) is 14.7 Å². The molecule has 11 heteroatoms. The van der Waals surface area contributed by atoms with Gasteiger partial charge >= 0.3 is 0 Å². The first-order chi connectivity index (χ1) is 16.7. The summed E-state index contributed by atoms with van der Waals surface area (Å²) in [6, 6.07) is 15.3. The van der Waals surface area contributed by atoms with Crippen molar-refractivity contribution < 1.29 is 31.5 Å². The van der Waals surface area contributed by atoms with Crippen LogP contribution >= 0.6 is 15.9 Å². The Kier molecular flexibility index (Phi) is 7.15. The maximum atomic E-state index is 13.9. The summed E-state index contributed by atoms with van der Waals surface area (Å²) in [7, 11) is 0. The number of carbonyl (C=O) groups excluding carboxylic acids is 1. The number of aromatic nitrogens is 2. The molecule has 0 spiro atoms. The predicted molar refractivity (Wildman–Crippen MR) is 120 cm³/mol. The Balaban J connectivity index is 1.44. The van der Waals surface area contributed by atoms with Crippen LogP contribution in [0.4, 0.5) is 27.8 Å². The summed E-state index contributed by atoms with van der Waals surface area (Å²) in [5.41, 5.74) is -0.0158. The van der Waals surface area contributed by atoms with E-state index in [1.54, 1.807) is 30.3 Å². The Bertz CT molecular complexity index is 1380. The first-order valence-electron chi connectivity index (χ1n) is 10.1. The summed E-state index contributed by atoms with van der Waals surface area (Å²) < 4.78 is 75.3. The quantitative estimate of drug-likeness (QED) is 0.168. The van der Waals surface area contributed by atoms with E-state index in [2.05, 4.69) is 26.3 Å². The first-order valence-corrected chi connectivity index (χ1v) is 10.8. The van der Waals surface area contributed by atoms with E-state index in [1.807, 2.05) is 18.2 Å². The van der Waals surface area contributed by atoms with Gasteiger partial charge < -0.3 is 10.1 Å². The van der Waals surface area contributed by atoms with Crippen LogP contribution in [0.2, 0.25) is 0 Å². The zero-order chi connectivity index (χ0) is 25.1. The molecule has 3 aromatic carbocycles. The van der Waals surface area contributed by atoms with Crippen LogP contribution in [0.15, 0.2) is 65.3 Å². The Morgan fingerprint density at radius 3 is 2.31 bits per heavy atom. The molecule has 4 aromatic rings. The van der Waals surface area contributed by atoms with Gasteiger partial charge in [-0.3, -0.25) is 9.48 Å². The monoisotopic (exact) mass is 551 g/mol. The molecule has 0 aliphatic carbocycles. The predicted octanol–water partition coefficient (Wildman–Crippen LogP) is 6.22. The van der Waals surface area contributed by atoms with Crippen molar-refractivity contribution in [3.05, 3.63) is 111 Å². The Morgan fingerprint density at radius 2 is 1.60 bits per heavy atom. The van der Waals surface area contributed by atoms with Crippen LogP contribution in [-0.4, -0.2) is 15.7 Å². The SMILES string of the molecule is O=C(Nc1ccn(Cc2c(F)c(F)c(F)c(F)c2F)n1)c1cccc(COc2ccccc2Br)c1. The minimum atomic E-state index is -2.23. The van der Waals surface area contributed by atoms with Crippen LogP contribution < -0.4 is 10.1 Å². The summed E-state index contributed by atoms with van der Waals surface area (Å²) in [5.74, 6) is -10.1. The van der Waals surface area contributed by atoms with E-state index >= 15 is 0 Å². The zero-order valence-electron chi connectivity index (χ0n) is 17.7. The summed E-state index contributed by atoms with van der Waals surface area (Å²) >= 11 is 3.39. The Hall–Kier alpha value is -3.73. The van der Waals surface area contributed by atoms with Crippen molar-refractivity contribution >= 4 is 27.7 Å². The van der Waals surface area contributed by atoms with Gasteiger partial charge in [-0.15, -0.1) is 0 Å². The Morgan fingerprint density at radius 1 is 0.914 bits per heavy atom. The van der Waals surface area contributed by atoms with Crippen LogP contribution in [0.25, 0.3) is 0 Å². The lowest BCUT2D eigenvalue weighted by molar-refractivity contribution is 0.102. The summed E-state index contributed by atoms with van der Waals surface area (Å²) in [6.07, 6.45) is 1.23. The number of nitrogens with zero attached hydrogens (tertiary/aromatic N) is 2. The maximum Gasteiger partial charge on any atom is 0.256 e. The van der Waals surface area contributed by atoms with Crippen molar-refractivity contribution in [2.24, 2.45) is 0 Å². The average molecular weight is 552 g/mol. The minimum absolute atomic E-state index is 0.0220. The van der Waals surface area contributed by atoms with Gasteiger partial charge in [-0.1, -0.05) is 24.3 Å². The maximum absolute atomic E-state index is 13.9. The van der Waals surface area contributed by atoms with E-state index < -0.39 is 47.1 Å². The second-order valence-electron chi connectivity index (χ2n) is 7.32. The van der Waals surface area contributed by atoms with Crippen LogP contribution in [0.3, 0.4) is 0 Å². The van der Waals surface area contributed by atoms with Gasteiger partial charge in [0.1, 0.15) is 12.4 Å². The number of benzene rings is 3. The van der Waals surface area contributed by atoms with Crippen LogP contribution in [0.5, 0.6) is 5.75 Å². The van der Waals surface area contributed by atoms with Crippen molar-refractivity contribution in [1.82, 2.24) is 9.78 Å². The molecule has 0 radical (unpaired) electrons. The molecule has 0 aliphatic heterocycles. The topological polar surface area (TPSA) is 56.2 Å². The van der Waals surface area contributed by atoms with E-state index in [9.17, 15) is 26.7 Å².